The molecule has 0 aromatic rings. The van der Waals surface area contributed by atoms with Crippen LogP contribution in [-0.4, -0.2) is 22.0 Å². The molecule has 2 aliphatic rings. The molecule has 1 heterocycles. The van der Waals surface area contributed by atoms with Gasteiger partial charge in [0.15, 0.2) is 0 Å². The predicted molar refractivity (Wildman–Crippen MR) is 82.9 cm³/mol. The Kier molecular flexibility index (Phi) is 4.69. The first-order chi connectivity index (χ1) is 8.52. The van der Waals surface area contributed by atoms with E-state index in [-0.39, 0.29) is 0 Å². The van der Waals surface area contributed by atoms with Gasteiger partial charge in [0, 0.05) is 18.0 Å². The van der Waals surface area contributed by atoms with E-state index >= 15 is 0 Å². The van der Waals surface area contributed by atoms with Gasteiger partial charge in [0.1, 0.15) is 0 Å². The van der Waals surface area contributed by atoms with Gasteiger partial charge in [0.25, 0.3) is 0 Å². The van der Waals surface area contributed by atoms with E-state index in [1.165, 1.54) is 43.5 Å². The number of nitrogens with zero attached hydrogens (tertiary/aromatic N) is 1. The summed E-state index contributed by atoms with van der Waals surface area (Å²) in [5.74, 6) is 2.30. The van der Waals surface area contributed by atoms with Gasteiger partial charge in [-0.15, -0.1) is 0 Å². The first kappa shape index (κ1) is 14.3. The van der Waals surface area contributed by atoms with Crippen molar-refractivity contribution >= 4 is 17.2 Å². The first-order valence-electron chi connectivity index (χ1n) is 7.84. The normalized spacial score (nSPS) is 33.1. The van der Waals surface area contributed by atoms with E-state index in [9.17, 15) is 0 Å². The summed E-state index contributed by atoms with van der Waals surface area (Å²) in [6, 6.07) is 1.34. The van der Waals surface area contributed by atoms with Crippen LogP contribution >= 0.6 is 12.2 Å². The molecule has 1 nitrogen and oxygen atoms in total. The van der Waals surface area contributed by atoms with E-state index in [1.54, 1.807) is 0 Å². The lowest BCUT2D eigenvalue weighted by Crippen LogP contribution is -2.39. The van der Waals surface area contributed by atoms with Crippen LogP contribution in [0.4, 0.5) is 0 Å². The summed E-state index contributed by atoms with van der Waals surface area (Å²) in [5.41, 5.74) is 0. The van der Waals surface area contributed by atoms with Crippen LogP contribution in [0, 0.1) is 17.8 Å². The SMILES string of the molecule is CC(C)CC1C(=S)N(C(C)C)C2CCCCCC12. The van der Waals surface area contributed by atoms with Crippen molar-refractivity contribution in [3.8, 4) is 0 Å². The average molecular weight is 267 g/mol. The predicted octanol–water partition coefficient (Wildman–Crippen LogP) is 4.65. The molecule has 1 aliphatic carbocycles. The lowest BCUT2D eigenvalue weighted by Gasteiger charge is -2.32. The molecule has 3 atom stereocenters. The zero-order valence-corrected chi connectivity index (χ0v) is 13.3. The Bertz CT molecular complexity index is 297. The zero-order valence-electron chi connectivity index (χ0n) is 12.5. The molecule has 1 saturated carbocycles. The monoisotopic (exact) mass is 267 g/mol. The van der Waals surface area contributed by atoms with Gasteiger partial charge in [-0.2, -0.15) is 0 Å². The van der Waals surface area contributed by atoms with Crippen LogP contribution in [0.2, 0.25) is 0 Å². The van der Waals surface area contributed by atoms with E-state index in [0.717, 1.165) is 17.9 Å². The number of rotatable bonds is 3. The molecule has 18 heavy (non-hydrogen) atoms. The molecule has 3 unspecified atom stereocenters. The molecule has 0 aromatic heterocycles. The largest absolute Gasteiger partial charge is 0.360 e. The molecule has 0 N–H and O–H groups in total. The topological polar surface area (TPSA) is 3.24 Å². The molecule has 2 fully saturated rings. The highest BCUT2D eigenvalue weighted by Crippen LogP contribution is 2.43. The summed E-state index contributed by atoms with van der Waals surface area (Å²) >= 11 is 5.84. The highest BCUT2D eigenvalue weighted by molar-refractivity contribution is 7.80. The molecule has 0 spiro atoms. The van der Waals surface area contributed by atoms with Gasteiger partial charge >= 0.3 is 0 Å². The summed E-state index contributed by atoms with van der Waals surface area (Å²) in [6.07, 6.45) is 8.33. The van der Waals surface area contributed by atoms with Crippen LogP contribution in [0.15, 0.2) is 0 Å². The van der Waals surface area contributed by atoms with Crippen LogP contribution in [0.25, 0.3) is 0 Å². The quantitative estimate of drug-likeness (QED) is 0.685. The first-order valence-corrected chi connectivity index (χ1v) is 8.25. The van der Waals surface area contributed by atoms with E-state index in [2.05, 4.69) is 32.6 Å². The van der Waals surface area contributed by atoms with E-state index in [4.69, 9.17) is 12.2 Å². The Morgan fingerprint density at radius 2 is 1.78 bits per heavy atom. The molecule has 2 heteroatoms. The maximum Gasteiger partial charge on any atom is 0.0819 e. The number of hydrogen-bond acceptors (Lipinski definition) is 1. The Morgan fingerprint density at radius 3 is 2.39 bits per heavy atom. The maximum absolute atomic E-state index is 5.84. The van der Waals surface area contributed by atoms with E-state index in [1.807, 2.05) is 0 Å². The van der Waals surface area contributed by atoms with Crippen molar-refractivity contribution < 1.29 is 0 Å². The Hall–Kier alpha value is -0.110. The van der Waals surface area contributed by atoms with E-state index < -0.39 is 0 Å². The van der Waals surface area contributed by atoms with Crippen LogP contribution in [0.1, 0.15) is 66.2 Å². The van der Waals surface area contributed by atoms with Gasteiger partial charge in [0.05, 0.1) is 4.99 Å². The fourth-order valence-corrected chi connectivity index (χ4v) is 4.71. The Morgan fingerprint density at radius 1 is 1.11 bits per heavy atom. The second kappa shape index (κ2) is 5.90. The second-order valence-corrected chi connectivity index (χ2v) is 7.36. The van der Waals surface area contributed by atoms with Gasteiger partial charge < -0.3 is 4.90 Å². The summed E-state index contributed by atoms with van der Waals surface area (Å²) < 4.78 is 0. The summed E-state index contributed by atoms with van der Waals surface area (Å²) in [5, 5.41) is 0. The molecular formula is C16H29NS. The minimum absolute atomic E-state index is 0.584. The molecule has 0 radical (unpaired) electrons. The van der Waals surface area contributed by atoms with Crippen LogP contribution in [0.3, 0.4) is 0 Å². The van der Waals surface area contributed by atoms with Crippen molar-refractivity contribution in [2.24, 2.45) is 17.8 Å². The number of hydrogen-bond donors (Lipinski definition) is 0. The zero-order chi connectivity index (χ0) is 13.3. The molecule has 1 saturated heterocycles. The van der Waals surface area contributed by atoms with Crippen molar-refractivity contribution in [2.45, 2.75) is 78.3 Å². The highest BCUT2D eigenvalue weighted by Gasteiger charge is 2.45. The molecule has 2 rings (SSSR count). The van der Waals surface area contributed by atoms with E-state index in [0.29, 0.717) is 12.0 Å². The lowest BCUT2D eigenvalue weighted by atomic mass is 9.82. The number of fused-ring (bicyclic) bond motifs is 1. The number of thiocarbonyl (C=S) groups is 1. The van der Waals surface area contributed by atoms with Gasteiger partial charge in [-0.3, -0.25) is 0 Å². The summed E-state index contributed by atoms with van der Waals surface area (Å²) in [7, 11) is 0. The third-order valence-corrected chi connectivity index (χ3v) is 5.27. The maximum atomic E-state index is 5.84. The summed E-state index contributed by atoms with van der Waals surface area (Å²) in [6.45, 7) is 9.30. The average Bonchev–Trinajstić information content (AvgIpc) is 2.46. The third-order valence-electron chi connectivity index (χ3n) is 4.76. The molecule has 0 bridgehead atoms. The van der Waals surface area contributed by atoms with Crippen molar-refractivity contribution in [2.75, 3.05) is 0 Å². The van der Waals surface area contributed by atoms with Crippen LogP contribution in [0.5, 0.6) is 0 Å². The lowest BCUT2D eigenvalue weighted by molar-refractivity contribution is 0.211. The van der Waals surface area contributed by atoms with Gasteiger partial charge in [-0.05, 0) is 44.9 Å². The van der Waals surface area contributed by atoms with Crippen molar-refractivity contribution in [3.05, 3.63) is 0 Å². The fraction of sp³-hybridized carbons (Fsp3) is 0.938. The molecule has 0 amide bonds. The molecule has 1 aliphatic heterocycles. The second-order valence-electron chi connectivity index (χ2n) is 6.94. The third kappa shape index (κ3) is 2.74. The minimum Gasteiger partial charge on any atom is -0.360 e. The van der Waals surface area contributed by atoms with Gasteiger partial charge in [-0.1, -0.05) is 45.3 Å². The van der Waals surface area contributed by atoms with Gasteiger partial charge in [-0.25, -0.2) is 0 Å². The standard InChI is InChI=1S/C16H29NS/c1-11(2)10-14-13-8-6-5-7-9-15(13)17(12(3)4)16(14)18/h11-15H,5-10H2,1-4H3. The van der Waals surface area contributed by atoms with Crippen LogP contribution in [-0.2, 0) is 0 Å². The van der Waals surface area contributed by atoms with Crippen LogP contribution < -0.4 is 0 Å². The van der Waals surface area contributed by atoms with Gasteiger partial charge in [0.2, 0.25) is 0 Å². The Balaban J connectivity index is 2.22. The fourth-order valence-electron chi connectivity index (χ4n) is 4.09. The molecule has 0 aromatic carbocycles. The smallest absolute Gasteiger partial charge is 0.0819 e. The Labute approximate surface area is 118 Å². The van der Waals surface area contributed by atoms with Crippen molar-refractivity contribution in [1.82, 2.24) is 4.90 Å². The summed E-state index contributed by atoms with van der Waals surface area (Å²) in [4.78, 5) is 3.88. The highest BCUT2D eigenvalue weighted by atomic mass is 32.1. The number of likely N-dealkylation sites (tertiary alicyclic amines) is 1. The minimum atomic E-state index is 0.584. The molecular weight excluding hydrogens is 238 g/mol. The van der Waals surface area contributed by atoms with Crippen molar-refractivity contribution in [3.63, 3.8) is 0 Å². The molecule has 104 valence electrons. The van der Waals surface area contributed by atoms with Crippen molar-refractivity contribution in [1.29, 1.82) is 0 Å².